The van der Waals surface area contributed by atoms with Gasteiger partial charge in [0.25, 0.3) is 0 Å². The van der Waals surface area contributed by atoms with Gasteiger partial charge in [-0.25, -0.2) is 4.98 Å². The minimum Gasteiger partial charge on any atom is -0.358 e. The van der Waals surface area contributed by atoms with Crippen molar-refractivity contribution in [3.63, 3.8) is 0 Å². The van der Waals surface area contributed by atoms with Crippen molar-refractivity contribution in [2.75, 3.05) is 18.0 Å². The Morgan fingerprint density at radius 3 is 2.81 bits per heavy atom. The van der Waals surface area contributed by atoms with Gasteiger partial charge in [0.05, 0.1) is 11.2 Å². The van der Waals surface area contributed by atoms with Crippen molar-refractivity contribution in [3.05, 3.63) is 30.2 Å². The molecule has 1 fully saturated rings. The third-order valence-corrected chi connectivity index (χ3v) is 3.25. The predicted octanol–water partition coefficient (Wildman–Crippen LogP) is 1.39. The van der Waals surface area contributed by atoms with Crippen LogP contribution in [0.3, 0.4) is 0 Å². The van der Waals surface area contributed by atoms with Gasteiger partial charge < -0.3 is 10.6 Å². The number of imidazole rings is 1. The molecule has 2 aromatic heterocycles. The van der Waals surface area contributed by atoms with Gasteiger partial charge in [-0.1, -0.05) is 6.07 Å². The summed E-state index contributed by atoms with van der Waals surface area (Å²) >= 11 is 0. The summed E-state index contributed by atoms with van der Waals surface area (Å²) in [6.07, 6.45) is 4.45. The van der Waals surface area contributed by atoms with E-state index in [1.54, 1.807) is 0 Å². The second-order valence-corrected chi connectivity index (χ2v) is 4.23. The molecule has 2 N–H and O–H groups in total. The molecule has 0 aliphatic carbocycles. The normalized spacial score (nSPS) is 16.2. The SMILES string of the molecule is NCc1ncn2c(N3CCCC3)cccc12. The first-order valence-corrected chi connectivity index (χ1v) is 5.80. The largest absolute Gasteiger partial charge is 0.358 e. The molecule has 16 heavy (non-hydrogen) atoms. The lowest BCUT2D eigenvalue weighted by molar-refractivity contribution is 0.916. The number of hydrogen-bond acceptors (Lipinski definition) is 3. The van der Waals surface area contributed by atoms with Crippen LogP contribution in [0, 0.1) is 0 Å². The summed E-state index contributed by atoms with van der Waals surface area (Å²) in [6, 6.07) is 6.32. The van der Waals surface area contributed by atoms with Crippen LogP contribution in [0.4, 0.5) is 5.82 Å². The van der Waals surface area contributed by atoms with Gasteiger partial charge in [0, 0.05) is 19.6 Å². The molecule has 0 bridgehead atoms. The molecule has 0 unspecified atom stereocenters. The Labute approximate surface area is 94.7 Å². The number of pyridine rings is 1. The summed E-state index contributed by atoms with van der Waals surface area (Å²) < 4.78 is 2.15. The van der Waals surface area contributed by atoms with Gasteiger partial charge in [-0.15, -0.1) is 0 Å². The van der Waals surface area contributed by atoms with Crippen molar-refractivity contribution in [2.24, 2.45) is 5.73 Å². The molecule has 0 radical (unpaired) electrons. The zero-order valence-electron chi connectivity index (χ0n) is 9.26. The molecule has 3 rings (SSSR count). The number of nitrogens with zero attached hydrogens (tertiary/aromatic N) is 3. The zero-order chi connectivity index (χ0) is 11.0. The van der Waals surface area contributed by atoms with Crippen LogP contribution in [0.1, 0.15) is 18.5 Å². The molecule has 4 nitrogen and oxygen atoms in total. The van der Waals surface area contributed by atoms with Crippen LogP contribution < -0.4 is 10.6 Å². The van der Waals surface area contributed by atoms with Crippen molar-refractivity contribution in [2.45, 2.75) is 19.4 Å². The molecule has 84 valence electrons. The third kappa shape index (κ3) is 1.38. The fourth-order valence-electron chi connectivity index (χ4n) is 2.42. The van der Waals surface area contributed by atoms with E-state index in [0.29, 0.717) is 6.54 Å². The molecule has 0 atom stereocenters. The van der Waals surface area contributed by atoms with Crippen LogP contribution in [-0.4, -0.2) is 22.5 Å². The summed E-state index contributed by atoms with van der Waals surface area (Å²) in [5.41, 5.74) is 7.78. The molecule has 1 aliphatic heterocycles. The molecule has 0 amide bonds. The average Bonchev–Trinajstić information content (AvgIpc) is 2.97. The average molecular weight is 216 g/mol. The minimum absolute atomic E-state index is 0.500. The molecule has 4 heteroatoms. The Bertz CT molecular complexity index is 497. The van der Waals surface area contributed by atoms with Gasteiger partial charge in [0.15, 0.2) is 0 Å². The van der Waals surface area contributed by atoms with E-state index in [1.807, 2.05) is 6.33 Å². The highest BCUT2D eigenvalue weighted by molar-refractivity contribution is 5.59. The Kier molecular flexibility index (Phi) is 2.29. The van der Waals surface area contributed by atoms with Gasteiger partial charge in [-0.05, 0) is 25.0 Å². The first kappa shape index (κ1) is 9.66. The molecule has 1 saturated heterocycles. The van der Waals surface area contributed by atoms with E-state index in [1.165, 1.54) is 18.7 Å². The lowest BCUT2D eigenvalue weighted by atomic mass is 10.3. The van der Waals surface area contributed by atoms with Crippen LogP contribution in [-0.2, 0) is 6.54 Å². The lowest BCUT2D eigenvalue weighted by Gasteiger charge is -2.18. The van der Waals surface area contributed by atoms with Crippen LogP contribution in [0.5, 0.6) is 0 Å². The highest BCUT2D eigenvalue weighted by atomic mass is 15.2. The Hall–Kier alpha value is -1.55. The minimum atomic E-state index is 0.500. The van der Waals surface area contributed by atoms with E-state index in [9.17, 15) is 0 Å². The van der Waals surface area contributed by atoms with Crippen LogP contribution >= 0.6 is 0 Å². The summed E-state index contributed by atoms with van der Waals surface area (Å²) in [5, 5.41) is 0. The van der Waals surface area contributed by atoms with Gasteiger partial charge in [0.1, 0.15) is 12.1 Å². The molecular weight excluding hydrogens is 200 g/mol. The number of anilines is 1. The second kappa shape index (κ2) is 3.79. The highest BCUT2D eigenvalue weighted by Crippen LogP contribution is 2.22. The lowest BCUT2D eigenvalue weighted by Crippen LogP contribution is -2.20. The van der Waals surface area contributed by atoms with Gasteiger partial charge in [0.2, 0.25) is 0 Å². The Balaban J connectivity index is 2.13. The third-order valence-electron chi connectivity index (χ3n) is 3.25. The highest BCUT2D eigenvalue weighted by Gasteiger charge is 2.15. The van der Waals surface area contributed by atoms with Crippen molar-refractivity contribution < 1.29 is 0 Å². The predicted molar refractivity (Wildman–Crippen MR) is 64.5 cm³/mol. The van der Waals surface area contributed by atoms with E-state index < -0.39 is 0 Å². The van der Waals surface area contributed by atoms with E-state index in [4.69, 9.17) is 5.73 Å². The Morgan fingerprint density at radius 1 is 1.25 bits per heavy atom. The molecular formula is C12H16N4. The zero-order valence-corrected chi connectivity index (χ0v) is 9.26. The standard InChI is InChI=1S/C12H16N4/c13-8-10-11-4-3-5-12(16(11)9-14-10)15-6-1-2-7-15/h3-5,9H,1-2,6-8,13H2. The molecule has 0 spiro atoms. The summed E-state index contributed by atoms with van der Waals surface area (Å²) in [7, 11) is 0. The maximum atomic E-state index is 5.67. The fraction of sp³-hybridized carbons (Fsp3) is 0.417. The van der Waals surface area contributed by atoms with Crippen LogP contribution in [0.15, 0.2) is 24.5 Å². The first-order valence-electron chi connectivity index (χ1n) is 5.80. The quantitative estimate of drug-likeness (QED) is 0.825. The first-order chi connectivity index (χ1) is 7.90. The molecule has 1 aliphatic rings. The van der Waals surface area contributed by atoms with Crippen molar-refractivity contribution in [3.8, 4) is 0 Å². The summed E-state index contributed by atoms with van der Waals surface area (Å²) in [5.74, 6) is 1.24. The van der Waals surface area contributed by atoms with Crippen LogP contribution in [0.25, 0.3) is 5.52 Å². The number of fused-ring (bicyclic) bond motifs is 1. The van der Waals surface area contributed by atoms with Crippen molar-refractivity contribution in [1.29, 1.82) is 0 Å². The van der Waals surface area contributed by atoms with Crippen molar-refractivity contribution in [1.82, 2.24) is 9.38 Å². The molecule has 0 saturated carbocycles. The summed E-state index contributed by atoms with van der Waals surface area (Å²) in [6.45, 7) is 2.80. The fourth-order valence-corrected chi connectivity index (χ4v) is 2.42. The van der Waals surface area contributed by atoms with Gasteiger partial charge in [-0.2, -0.15) is 0 Å². The van der Waals surface area contributed by atoms with Gasteiger partial charge >= 0.3 is 0 Å². The van der Waals surface area contributed by atoms with E-state index in [-0.39, 0.29) is 0 Å². The smallest absolute Gasteiger partial charge is 0.114 e. The maximum absolute atomic E-state index is 5.67. The second-order valence-electron chi connectivity index (χ2n) is 4.23. The summed E-state index contributed by atoms with van der Waals surface area (Å²) in [4.78, 5) is 6.77. The van der Waals surface area contributed by atoms with E-state index in [2.05, 4.69) is 32.5 Å². The number of nitrogens with two attached hydrogens (primary N) is 1. The maximum Gasteiger partial charge on any atom is 0.114 e. The molecule has 3 heterocycles. The molecule has 0 aromatic carbocycles. The number of hydrogen-bond donors (Lipinski definition) is 1. The number of rotatable bonds is 2. The van der Waals surface area contributed by atoms with Crippen molar-refractivity contribution >= 4 is 11.3 Å². The topological polar surface area (TPSA) is 46.6 Å². The molecule has 2 aromatic rings. The monoisotopic (exact) mass is 216 g/mol. The Morgan fingerprint density at radius 2 is 2.06 bits per heavy atom. The van der Waals surface area contributed by atoms with E-state index >= 15 is 0 Å². The van der Waals surface area contributed by atoms with E-state index in [0.717, 1.165) is 24.3 Å². The number of aromatic nitrogens is 2. The van der Waals surface area contributed by atoms with Crippen LogP contribution in [0.2, 0.25) is 0 Å². The van der Waals surface area contributed by atoms with Gasteiger partial charge in [-0.3, -0.25) is 4.40 Å².